The third-order valence-corrected chi connectivity index (χ3v) is 0.814. The van der Waals surface area contributed by atoms with Gasteiger partial charge in [-0.25, -0.2) is 4.39 Å². The van der Waals surface area contributed by atoms with E-state index in [1.54, 1.807) is 20.8 Å². The summed E-state index contributed by atoms with van der Waals surface area (Å²) < 4.78 is 12.4. The van der Waals surface area contributed by atoms with E-state index < -0.39 is 0 Å². The van der Waals surface area contributed by atoms with Crippen molar-refractivity contribution in [1.82, 2.24) is 0 Å². The van der Waals surface area contributed by atoms with Crippen LogP contribution in [0.15, 0.2) is 23.6 Å². The van der Waals surface area contributed by atoms with Crippen molar-refractivity contribution in [2.24, 2.45) is 0 Å². The van der Waals surface area contributed by atoms with Gasteiger partial charge in [-0.3, -0.25) is 0 Å². The summed E-state index contributed by atoms with van der Waals surface area (Å²) in [5.74, 6) is -0.176. The lowest BCUT2D eigenvalue weighted by atomic mass is 10.2. The molecule has 0 aliphatic rings. The van der Waals surface area contributed by atoms with Gasteiger partial charge in [0, 0.05) is 0 Å². The largest absolute Gasteiger partial charge is 0.207 e. The fraction of sp³-hybridized carbons (Fsp3) is 0.556. The van der Waals surface area contributed by atoms with Gasteiger partial charge in [-0.2, -0.15) is 0 Å². The van der Waals surface area contributed by atoms with Crippen molar-refractivity contribution >= 4 is 0 Å². The smallest absolute Gasteiger partial charge is 0.124 e. The Morgan fingerprint density at radius 1 is 1.10 bits per heavy atom. The topological polar surface area (TPSA) is 0 Å². The Hall–Kier alpha value is -0.590. The first kappa shape index (κ1) is 12.1. The fourth-order valence-electron chi connectivity index (χ4n) is 0.427. The predicted octanol–water partition coefficient (Wildman–Crippen LogP) is 3.85. The molecule has 0 atom stereocenters. The van der Waals surface area contributed by atoms with E-state index in [2.05, 4.69) is 6.58 Å². The number of rotatable bonds is 1. The van der Waals surface area contributed by atoms with Crippen molar-refractivity contribution in [1.29, 1.82) is 0 Å². The molecule has 0 aliphatic carbocycles. The third-order valence-electron chi connectivity index (χ3n) is 0.814. The lowest BCUT2D eigenvalue weighted by Gasteiger charge is -1.94. The molecule has 0 rings (SSSR count). The van der Waals surface area contributed by atoms with E-state index in [0.717, 1.165) is 0 Å². The molecule has 0 spiro atoms. The molecule has 0 saturated heterocycles. The summed E-state index contributed by atoms with van der Waals surface area (Å²) in [6, 6.07) is 0. The second kappa shape index (κ2) is 6.53. The molecule has 0 saturated carbocycles. The van der Waals surface area contributed by atoms with Gasteiger partial charge < -0.3 is 0 Å². The maximum absolute atomic E-state index is 12.4. The van der Waals surface area contributed by atoms with Gasteiger partial charge in [-0.15, -0.1) is 0 Å². The van der Waals surface area contributed by atoms with Crippen molar-refractivity contribution in [3.63, 3.8) is 0 Å². The minimum Gasteiger partial charge on any atom is -0.207 e. The van der Waals surface area contributed by atoms with Crippen LogP contribution in [-0.4, -0.2) is 0 Å². The van der Waals surface area contributed by atoms with Crippen molar-refractivity contribution < 1.29 is 4.39 Å². The lowest BCUT2D eigenvalue weighted by Crippen LogP contribution is -1.76. The van der Waals surface area contributed by atoms with Gasteiger partial charge in [0.15, 0.2) is 0 Å². The Bertz CT molecular complexity index is 128. The highest BCUT2D eigenvalue weighted by Gasteiger charge is 1.94. The van der Waals surface area contributed by atoms with E-state index in [0.29, 0.717) is 11.1 Å². The van der Waals surface area contributed by atoms with E-state index in [9.17, 15) is 4.39 Å². The van der Waals surface area contributed by atoms with Gasteiger partial charge in [0.2, 0.25) is 0 Å². The van der Waals surface area contributed by atoms with Crippen LogP contribution in [0.2, 0.25) is 0 Å². The number of halogens is 1. The van der Waals surface area contributed by atoms with Crippen LogP contribution in [0, 0.1) is 0 Å². The van der Waals surface area contributed by atoms with Crippen LogP contribution in [0.25, 0.3) is 0 Å². The Kier molecular flexibility index (Phi) is 7.91. The second-order valence-corrected chi connectivity index (χ2v) is 2.09. The molecule has 0 unspecified atom stereocenters. The Labute approximate surface area is 63.5 Å². The number of allylic oxidation sites excluding steroid dienone is 3. The molecule has 0 bridgehead atoms. The molecule has 0 heterocycles. The normalized spacial score (nSPS) is 7.40. The molecule has 60 valence electrons. The highest BCUT2D eigenvalue weighted by molar-refractivity contribution is 5.23. The molecule has 10 heavy (non-hydrogen) atoms. The molecule has 0 aromatic carbocycles. The van der Waals surface area contributed by atoms with Crippen molar-refractivity contribution in [3.8, 4) is 0 Å². The monoisotopic (exact) mass is 144 g/mol. The quantitative estimate of drug-likeness (QED) is 0.490. The first-order valence-corrected chi connectivity index (χ1v) is 3.54. The first-order valence-electron chi connectivity index (χ1n) is 3.54. The lowest BCUT2D eigenvalue weighted by molar-refractivity contribution is 0.640. The van der Waals surface area contributed by atoms with Crippen molar-refractivity contribution in [2.45, 2.75) is 34.6 Å². The molecule has 1 heteroatoms. The van der Waals surface area contributed by atoms with Gasteiger partial charge in [0.05, 0.1) is 0 Å². The second-order valence-electron chi connectivity index (χ2n) is 2.09. The summed E-state index contributed by atoms with van der Waals surface area (Å²) in [6.45, 7) is 12.6. The molecule has 0 aromatic rings. The average Bonchev–Trinajstić information content (AvgIpc) is 1.90. The fourth-order valence-corrected chi connectivity index (χ4v) is 0.427. The molecule has 0 aromatic heterocycles. The average molecular weight is 144 g/mol. The number of hydrogen-bond donors (Lipinski definition) is 0. The van der Waals surface area contributed by atoms with E-state index in [1.165, 1.54) is 0 Å². The van der Waals surface area contributed by atoms with Crippen molar-refractivity contribution in [2.75, 3.05) is 0 Å². The van der Waals surface area contributed by atoms with Crippen LogP contribution in [0.1, 0.15) is 34.6 Å². The van der Waals surface area contributed by atoms with Crippen LogP contribution in [0.5, 0.6) is 0 Å². The van der Waals surface area contributed by atoms with E-state index in [4.69, 9.17) is 0 Å². The van der Waals surface area contributed by atoms with Crippen LogP contribution < -0.4 is 0 Å². The molecule has 0 radical (unpaired) electrons. The highest BCUT2D eigenvalue weighted by atomic mass is 19.1. The Balaban J connectivity index is 0. The van der Waals surface area contributed by atoms with Gasteiger partial charge >= 0.3 is 0 Å². The summed E-state index contributed by atoms with van der Waals surface area (Å²) in [5.41, 5.74) is 1.20. The summed E-state index contributed by atoms with van der Waals surface area (Å²) in [4.78, 5) is 0. The van der Waals surface area contributed by atoms with Gasteiger partial charge in [-0.05, 0) is 31.9 Å². The zero-order valence-electron chi connectivity index (χ0n) is 7.59. The maximum atomic E-state index is 12.4. The van der Waals surface area contributed by atoms with Gasteiger partial charge in [-0.1, -0.05) is 20.4 Å². The van der Waals surface area contributed by atoms with E-state index in [-0.39, 0.29) is 5.83 Å². The molecule has 0 fully saturated rings. The molecule has 0 aliphatic heterocycles. The Morgan fingerprint density at radius 3 is 1.40 bits per heavy atom. The van der Waals surface area contributed by atoms with Crippen LogP contribution in [0.3, 0.4) is 0 Å². The first-order chi connectivity index (χ1) is 4.55. The van der Waals surface area contributed by atoms with E-state index >= 15 is 0 Å². The summed E-state index contributed by atoms with van der Waals surface area (Å²) in [7, 11) is 0. The standard InChI is InChI=1S/C7H11F.C2H6/c1-5(2)7(8)6(3)4;1-2/h1H2,2-4H3;1-2H3. The van der Waals surface area contributed by atoms with Crippen LogP contribution >= 0.6 is 0 Å². The Morgan fingerprint density at radius 2 is 1.40 bits per heavy atom. The van der Waals surface area contributed by atoms with Crippen LogP contribution in [0.4, 0.5) is 4.39 Å². The molecule has 0 N–H and O–H groups in total. The summed E-state index contributed by atoms with van der Waals surface area (Å²) >= 11 is 0. The zero-order valence-corrected chi connectivity index (χ0v) is 7.59. The predicted molar refractivity (Wildman–Crippen MR) is 45.6 cm³/mol. The maximum Gasteiger partial charge on any atom is 0.124 e. The summed E-state index contributed by atoms with van der Waals surface area (Å²) in [6.07, 6.45) is 0. The highest BCUT2D eigenvalue weighted by Crippen LogP contribution is 2.12. The molecular weight excluding hydrogens is 127 g/mol. The third kappa shape index (κ3) is 5.54. The minimum atomic E-state index is -0.176. The molecule has 0 nitrogen and oxygen atoms in total. The number of hydrogen-bond acceptors (Lipinski definition) is 0. The minimum absolute atomic E-state index is 0.176. The SMILES string of the molecule is C=C(C)C(F)=C(C)C.CC. The van der Waals surface area contributed by atoms with Crippen LogP contribution in [-0.2, 0) is 0 Å². The molecular formula is C9H17F. The zero-order chi connectivity index (χ0) is 8.73. The molecule has 0 amide bonds. The van der Waals surface area contributed by atoms with Gasteiger partial charge in [0.25, 0.3) is 0 Å². The van der Waals surface area contributed by atoms with Crippen molar-refractivity contribution in [3.05, 3.63) is 23.6 Å². The summed E-state index contributed by atoms with van der Waals surface area (Å²) in [5, 5.41) is 0. The van der Waals surface area contributed by atoms with Gasteiger partial charge in [0.1, 0.15) is 5.83 Å². The van der Waals surface area contributed by atoms with E-state index in [1.807, 2.05) is 13.8 Å².